The Hall–Kier alpha value is -2.24. The standard InChI is InChI=1S/C16H23NO5/c1-5-6-14(19)21-10-11-7-8-13(18)12(9-11)17-15(20)22-16(2,3)4/h7-9,18H,5-6,10H2,1-4H3,(H,17,20). The number of esters is 1. The number of ether oxygens (including phenoxy) is 2. The van der Waals surface area contributed by atoms with E-state index >= 15 is 0 Å². The molecule has 1 amide bonds. The summed E-state index contributed by atoms with van der Waals surface area (Å²) >= 11 is 0. The lowest BCUT2D eigenvalue weighted by atomic mass is 10.2. The van der Waals surface area contributed by atoms with Gasteiger partial charge in [0.15, 0.2) is 0 Å². The fourth-order valence-corrected chi connectivity index (χ4v) is 1.63. The summed E-state index contributed by atoms with van der Waals surface area (Å²) in [6.07, 6.45) is 0.420. The van der Waals surface area contributed by atoms with Crippen LogP contribution in [0, 0.1) is 0 Å². The number of phenols is 1. The van der Waals surface area contributed by atoms with Gasteiger partial charge in [-0.2, -0.15) is 0 Å². The van der Waals surface area contributed by atoms with Crippen molar-refractivity contribution in [3.63, 3.8) is 0 Å². The molecule has 2 N–H and O–H groups in total. The van der Waals surface area contributed by atoms with Crippen LogP contribution < -0.4 is 5.32 Å². The van der Waals surface area contributed by atoms with Crippen molar-refractivity contribution in [2.24, 2.45) is 0 Å². The Morgan fingerprint density at radius 3 is 2.55 bits per heavy atom. The molecule has 1 rings (SSSR count). The van der Waals surface area contributed by atoms with Gasteiger partial charge in [0.25, 0.3) is 0 Å². The molecule has 0 aliphatic carbocycles. The van der Waals surface area contributed by atoms with Crippen molar-refractivity contribution in [3.05, 3.63) is 23.8 Å². The Bertz CT molecular complexity index is 534. The number of hydrogen-bond acceptors (Lipinski definition) is 5. The summed E-state index contributed by atoms with van der Waals surface area (Å²) in [5.74, 6) is -0.369. The second-order valence-electron chi connectivity index (χ2n) is 5.89. The molecule has 6 nitrogen and oxygen atoms in total. The summed E-state index contributed by atoms with van der Waals surface area (Å²) in [4.78, 5) is 23.1. The van der Waals surface area contributed by atoms with Crippen LogP contribution in [0.5, 0.6) is 5.75 Å². The highest BCUT2D eigenvalue weighted by molar-refractivity contribution is 5.87. The normalized spacial score (nSPS) is 10.9. The highest BCUT2D eigenvalue weighted by Crippen LogP contribution is 2.25. The van der Waals surface area contributed by atoms with Gasteiger partial charge in [-0.1, -0.05) is 13.0 Å². The summed E-state index contributed by atoms with van der Waals surface area (Å²) in [6.45, 7) is 7.22. The van der Waals surface area contributed by atoms with Gasteiger partial charge in [-0.25, -0.2) is 4.79 Å². The largest absolute Gasteiger partial charge is 0.506 e. The molecule has 122 valence electrons. The third-order valence-electron chi connectivity index (χ3n) is 2.55. The minimum atomic E-state index is -0.664. The number of aromatic hydroxyl groups is 1. The molecule has 0 aliphatic rings. The summed E-state index contributed by atoms with van der Waals surface area (Å²) in [6, 6.07) is 4.59. The number of carbonyl (C=O) groups excluding carboxylic acids is 2. The van der Waals surface area contributed by atoms with Gasteiger partial charge >= 0.3 is 12.1 Å². The maximum absolute atomic E-state index is 11.7. The highest BCUT2D eigenvalue weighted by Gasteiger charge is 2.17. The summed E-state index contributed by atoms with van der Waals surface area (Å²) in [7, 11) is 0. The van der Waals surface area contributed by atoms with Crippen LogP contribution >= 0.6 is 0 Å². The topological polar surface area (TPSA) is 84.9 Å². The van der Waals surface area contributed by atoms with Crippen LogP contribution in [0.4, 0.5) is 10.5 Å². The molecule has 0 bridgehead atoms. The molecule has 22 heavy (non-hydrogen) atoms. The van der Waals surface area contributed by atoms with Gasteiger partial charge in [-0.3, -0.25) is 10.1 Å². The highest BCUT2D eigenvalue weighted by atomic mass is 16.6. The van der Waals surface area contributed by atoms with Crippen molar-refractivity contribution in [1.29, 1.82) is 0 Å². The first-order chi connectivity index (χ1) is 10.2. The number of anilines is 1. The zero-order chi connectivity index (χ0) is 16.8. The summed E-state index contributed by atoms with van der Waals surface area (Å²) < 4.78 is 10.2. The summed E-state index contributed by atoms with van der Waals surface area (Å²) in [5, 5.41) is 12.2. The summed E-state index contributed by atoms with van der Waals surface area (Å²) in [5.41, 5.74) is 0.235. The minimum absolute atomic E-state index is 0.0854. The SMILES string of the molecule is CCCC(=O)OCc1ccc(O)c(NC(=O)OC(C)(C)C)c1. The quantitative estimate of drug-likeness (QED) is 0.641. The molecule has 0 spiro atoms. The van der Waals surface area contributed by atoms with E-state index in [4.69, 9.17) is 9.47 Å². The number of nitrogens with one attached hydrogen (secondary N) is 1. The molecule has 0 fully saturated rings. The van der Waals surface area contributed by atoms with Gasteiger partial charge in [0.1, 0.15) is 18.0 Å². The maximum atomic E-state index is 11.7. The van der Waals surface area contributed by atoms with Gasteiger partial charge in [0.05, 0.1) is 5.69 Å². The minimum Gasteiger partial charge on any atom is -0.506 e. The van der Waals surface area contributed by atoms with E-state index in [1.165, 1.54) is 6.07 Å². The molecule has 0 aromatic heterocycles. The zero-order valence-electron chi connectivity index (χ0n) is 13.4. The average Bonchev–Trinajstić information content (AvgIpc) is 2.38. The van der Waals surface area contributed by atoms with E-state index in [1.54, 1.807) is 32.9 Å². The Balaban J connectivity index is 2.69. The third kappa shape index (κ3) is 6.47. The molecule has 1 aromatic rings. The average molecular weight is 309 g/mol. The fraction of sp³-hybridized carbons (Fsp3) is 0.500. The second-order valence-corrected chi connectivity index (χ2v) is 5.89. The predicted molar refractivity (Wildman–Crippen MR) is 82.7 cm³/mol. The van der Waals surface area contributed by atoms with Gasteiger partial charge in [0.2, 0.25) is 0 Å². The number of carbonyl (C=O) groups is 2. The number of amides is 1. The first kappa shape index (κ1) is 17.8. The fourth-order valence-electron chi connectivity index (χ4n) is 1.63. The van der Waals surface area contributed by atoms with Crippen molar-refractivity contribution in [2.75, 3.05) is 5.32 Å². The van der Waals surface area contributed by atoms with Gasteiger partial charge in [-0.05, 0) is 44.9 Å². The number of rotatable bonds is 5. The van der Waals surface area contributed by atoms with E-state index in [0.29, 0.717) is 12.0 Å². The van der Waals surface area contributed by atoms with Crippen molar-refractivity contribution in [3.8, 4) is 5.75 Å². The Morgan fingerprint density at radius 1 is 1.27 bits per heavy atom. The monoisotopic (exact) mass is 309 g/mol. The van der Waals surface area contributed by atoms with Crippen molar-refractivity contribution in [2.45, 2.75) is 52.7 Å². The van der Waals surface area contributed by atoms with Crippen LogP contribution in [-0.2, 0) is 20.9 Å². The van der Waals surface area contributed by atoms with E-state index in [0.717, 1.165) is 6.42 Å². The zero-order valence-corrected chi connectivity index (χ0v) is 13.4. The lowest BCUT2D eigenvalue weighted by molar-refractivity contribution is -0.144. The first-order valence-electron chi connectivity index (χ1n) is 7.19. The number of phenolic OH excluding ortho intramolecular Hbond substituents is 1. The van der Waals surface area contributed by atoms with Crippen molar-refractivity contribution < 1.29 is 24.2 Å². The van der Waals surface area contributed by atoms with E-state index in [2.05, 4.69) is 5.32 Å². The molecule has 0 atom stereocenters. The Morgan fingerprint density at radius 2 is 1.95 bits per heavy atom. The molecule has 1 aromatic carbocycles. The lowest BCUT2D eigenvalue weighted by Gasteiger charge is -2.20. The third-order valence-corrected chi connectivity index (χ3v) is 2.55. The Kier molecular flexibility index (Phi) is 6.22. The van der Waals surface area contributed by atoms with Crippen LogP contribution in [0.3, 0.4) is 0 Å². The van der Waals surface area contributed by atoms with Crippen molar-refractivity contribution >= 4 is 17.7 Å². The molecule has 0 saturated heterocycles. The molecule has 0 heterocycles. The van der Waals surface area contributed by atoms with Gasteiger partial charge < -0.3 is 14.6 Å². The van der Waals surface area contributed by atoms with E-state index in [-0.39, 0.29) is 24.0 Å². The van der Waals surface area contributed by atoms with E-state index in [9.17, 15) is 14.7 Å². The smallest absolute Gasteiger partial charge is 0.412 e. The number of hydrogen-bond donors (Lipinski definition) is 2. The van der Waals surface area contributed by atoms with Crippen LogP contribution in [0.2, 0.25) is 0 Å². The van der Waals surface area contributed by atoms with Crippen LogP contribution in [0.25, 0.3) is 0 Å². The van der Waals surface area contributed by atoms with Crippen molar-refractivity contribution in [1.82, 2.24) is 0 Å². The van der Waals surface area contributed by atoms with Crippen LogP contribution in [-0.4, -0.2) is 22.8 Å². The first-order valence-corrected chi connectivity index (χ1v) is 7.19. The molecule has 0 unspecified atom stereocenters. The molecule has 6 heteroatoms. The maximum Gasteiger partial charge on any atom is 0.412 e. The predicted octanol–water partition coefficient (Wildman–Crippen LogP) is 3.58. The molecular formula is C16H23NO5. The molecular weight excluding hydrogens is 286 g/mol. The van der Waals surface area contributed by atoms with Crippen LogP contribution in [0.1, 0.15) is 46.1 Å². The molecule has 0 saturated carbocycles. The lowest BCUT2D eigenvalue weighted by Crippen LogP contribution is -2.27. The van der Waals surface area contributed by atoms with Gasteiger partial charge in [-0.15, -0.1) is 0 Å². The molecule has 0 radical (unpaired) electrons. The Labute approximate surface area is 130 Å². The van der Waals surface area contributed by atoms with Gasteiger partial charge in [0, 0.05) is 6.42 Å². The van der Waals surface area contributed by atoms with Crippen LogP contribution in [0.15, 0.2) is 18.2 Å². The second kappa shape index (κ2) is 7.68. The van der Waals surface area contributed by atoms with E-state index < -0.39 is 11.7 Å². The number of benzene rings is 1. The molecule has 0 aliphatic heterocycles. The van der Waals surface area contributed by atoms with E-state index in [1.807, 2.05) is 6.92 Å².